The van der Waals surface area contributed by atoms with Crippen molar-refractivity contribution in [1.82, 2.24) is 14.8 Å². The summed E-state index contributed by atoms with van der Waals surface area (Å²) >= 11 is 1.09. The fraction of sp³-hybridized carbons (Fsp3) is 0.150. The first kappa shape index (κ1) is 19.9. The topological polar surface area (TPSA) is 83.3 Å². The van der Waals surface area contributed by atoms with Crippen molar-refractivity contribution < 1.29 is 18.3 Å². The number of phenolic OH excluding ortho intramolecular Hbond substituents is 1. The summed E-state index contributed by atoms with van der Waals surface area (Å²) in [5.41, 5.74) is -1.53. The van der Waals surface area contributed by atoms with Gasteiger partial charge in [0, 0.05) is 0 Å². The maximum Gasteiger partial charge on any atom is 0.433 e. The molecule has 0 aliphatic heterocycles. The van der Waals surface area contributed by atoms with Crippen molar-refractivity contribution in [2.75, 3.05) is 0 Å². The van der Waals surface area contributed by atoms with Crippen LogP contribution in [-0.2, 0) is 6.18 Å². The van der Waals surface area contributed by atoms with Crippen LogP contribution < -0.4 is 5.56 Å². The van der Waals surface area contributed by atoms with E-state index in [2.05, 4.69) is 15.1 Å². The number of para-hydroxylation sites is 1. The number of aryl methyl sites for hydroxylation is 1. The lowest BCUT2D eigenvalue weighted by Crippen LogP contribution is -2.20. The average molecular weight is 432 g/mol. The Bertz CT molecular complexity index is 1320. The lowest BCUT2D eigenvalue weighted by atomic mass is 10.1. The number of rotatable bonds is 3. The van der Waals surface area contributed by atoms with E-state index in [1.54, 1.807) is 37.3 Å². The highest BCUT2D eigenvalue weighted by atomic mass is 32.1. The summed E-state index contributed by atoms with van der Waals surface area (Å²) < 4.78 is 42.6. The molecule has 0 bridgehead atoms. The molecule has 0 atom stereocenters. The van der Waals surface area contributed by atoms with Crippen molar-refractivity contribution in [2.24, 2.45) is 4.99 Å². The Kier molecular flexibility index (Phi) is 4.73. The van der Waals surface area contributed by atoms with Crippen LogP contribution in [0.3, 0.4) is 0 Å². The Hall–Kier alpha value is -3.40. The Labute approximate surface area is 172 Å². The number of aromatic amines is 1. The molecule has 0 spiro atoms. The molecule has 154 valence electrons. The molecule has 0 unspecified atom stereocenters. The van der Waals surface area contributed by atoms with Crippen LogP contribution in [0.25, 0.3) is 15.3 Å². The van der Waals surface area contributed by atoms with Crippen LogP contribution in [0.2, 0.25) is 0 Å². The summed E-state index contributed by atoms with van der Waals surface area (Å²) in [6, 6.07) is 11.6. The number of hydrogen-bond acceptors (Lipinski definition) is 5. The van der Waals surface area contributed by atoms with Gasteiger partial charge in [-0.2, -0.15) is 17.9 Å². The van der Waals surface area contributed by atoms with E-state index in [-0.39, 0.29) is 22.3 Å². The highest BCUT2D eigenvalue weighted by Gasteiger charge is 2.39. The highest BCUT2D eigenvalue weighted by Crippen LogP contribution is 2.33. The zero-order valence-corrected chi connectivity index (χ0v) is 16.6. The first-order chi connectivity index (χ1) is 14.1. The molecule has 2 heterocycles. The van der Waals surface area contributed by atoms with E-state index in [9.17, 15) is 23.1 Å². The van der Waals surface area contributed by atoms with E-state index >= 15 is 0 Å². The molecule has 4 rings (SSSR count). The zero-order chi connectivity index (χ0) is 21.6. The minimum absolute atomic E-state index is 0.0766. The number of phenols is 1. The number of alkyl halides is 3. The summed E-state index contributed by atoms with van der Waals surface area (Å²) in [5.74, 6) is -0.199. The molecule has 0 amide bonds. The number of hydrogen-bond donors (Lipinski definition) is 2. The van der Waals surface area contributed by atoms with Gasteiger partial charge in [-0.05, 0) is 43.7 Å². The number of aromatic hydroxyl groups is 1. The molecule has 10 heteroatoms. The normalized spacial score (nSPS) is 12.6. The third-order valence-electron chi connectivity index (χ3n) is 4.43. The van der Waals surface area contributed by atoms with Gasteiger partial charge in [0.05, 0.1) is 21.5 Å². The second-order valence-corrected chi connectivity index (χ2v) is 7.66. The lowest BCUT2D eigenvalue weighted by molar-refractivity contribution is -0.141. The van der Waals surface area contributed by atoms with E-state index < -0.39 is 23.0 Å². The van der Waals surface area contributed by atoms with Crippen molar-refractivity contribution in [1.29, 1.82) is 0 Å². The minimum atomic E-state index is -4.82. The van der Waals surface area contributed by atoms with Crippen LogP contribution in [0.1, 0.15) is 23.7 Å². The number of aliphatic imine (C=N–C) groups is 1. The molecule has 6 nitrogen and oxygen atoms in total. The first-order valence-corrected chi connectivity index (χ1v) is 9.60. The van der Waals surface area contributed by atoms with Gasteiger partial charge in [0.15, 0.2) is 5.69 Å². The number of aromatic nitrogens is 3. The van der Waals surface area contributed by atoms with Gasteiger partial charge in [-0.15, -0.1) is 0 Å². The van der Waals surface area contributed by atoms with Crippen LogP contribution in [0, 0.1) is 6.92 Å². The standard InChI is InChI=1S/C20H15F3N4O2S/c1-10-7-8-14(28)13(9-10)24-11(2)16-17(20(21,22)23)26-27(18(16)29)19-25-12-5-3-4-6-15(12)30-19/h3-9,26,28H,1-2H3. The number of fused-ring (bicyclic) bond motifs is 1. The van der Waals surface area contributed by atoms with Gasteiger partial charge in [0.1, 0.15) is 11.4 Å². The minimum Gasteiger partial charge on any atom is -0.506 e. The summed E-state index contributed by atoms with van der Waals surface area (Å²) in [4.78, 5) is 21.3. The van der Waals surface area contributed by atoms with E-state index in [1.165, 1.54) is 19.1 Å². The smallest absolute Gasteiger partial charge is 0.433 e. The number of thiazole rings is 1. The third-order valence-corrected chi connectivity index (χ3v) is 5.45. The molecule has 4 aromatic rings. The number of halogens is 3. The van der Waals surface area contributed by atoms with Gasteiger partial charge in [-0.1, -0.05) is 29.5 Å². The lowest BCUT2D eigenvalue weighted by Gasteiger charge is -2.07. The van der Waals surface area contributed by atoms with Crippen molar-refractivity contribution in [2.45, 2.75) is 20.0 Å². The van der Waals surface area contributed by atoms with Crippen LogP contribution in [0.5, 0.6) is 5.75 Å². The Morgan fingerprint density at radius 3 is 2.67 bits per heavy atom. The molecule has 0 saturated heterocycles. The van der Waals surface area contributed by atoms with Crippen LogP contribution >= 0.6 is 11.3 Å². The fourth-order valence-electron chi connectivity index (χ4n) is 3.03. The molecular weight excluding hydrogens is 417 g/mol. The van der Waals surface area contributed by atoms with E-state index in [0.717, 1.165) is 26.3 Å². The van der Waals surface area contributed by atoms with Crippen LogP contribution in [-0.4, -0.2) is 25.6 Å². The molecule has 2 N–H and O–H groups in total. The summed E-state index contributed by atoms with van der Waals surface area (Å²) in [7, 11) is 0. The molecule has 30 heavy (non-hydrogen) atoms. The first-order valence-electron chi connectivity index (χ1n) is 8.78. The third kappa shape index (κ3) is 3.50. The zero-order valence-electron chi connectivity index (χ0n) is 15.8. The summed E-state index contributed by atoms with van der Waals surface area (Å²) in [6.45, 7) is 3.05. The second kappa shape index (κ2) is 7.13. The molecule has 2 aromatic carbocycles. The van der Waals surface area contributed by atoms with Crippen LogP contribution in [0.15, 0.2) is 52.3 Å². The van der Waals surface area contributed by atoms with Crippen molar-refractivity contribution >= 4 is 33.0 Å². The van der Waals surface area contributed by atoms with Crippen LogP contribution in [0.4, 0.5) is 18.9 Å². The van der Waals surface area contributed by atoms with E-state index in [0.29, 0.717) is 5.52 Å². The van der Waals surface area contributed by atoms with Gasteiger partial charge >= 0.3 is 6.18 Å². The number of benzene rings is 2. The van der Waals surface area contributed by atoms with E-state index in [4.69, 9.17) is 0 Å². The monoisotopic (exact) mass is 432 g/mol. The maximum absolute atomic E-state index is 13.7. The Balaban J connectivity index is 1.92. The van der Waals surface area contributed by atoms with Gasteiger partial charge in [0.2, 0.25) is 5.13 Å². The largest absolute Gasteiger partial charge is 0.506 e. The molecule has 0 aliphatic rings. The summed E-state index contributed by atoms with van der Waals surface area (Å²) in [6.07, 6.45) is -4.82. The molecule has 0 fully saturated rings. The van der Waals surface area contributed by atoms with Crippen molar-refractivity contribution in [3.63, 3.8) is 0 Å². The van der Waals surface area contributed by atoms with Gasteiger partial charge in [-0.25, -0.2) is 9.98 Å². The average Bonchev–Trinajstić information content (AvgIpc) is 3.25. The molecule has 0 aliphatic carbocycles. The van der Waals surface area contributed by atoms with E-state index in [1.807, 2.05) is 0 Å². The Morgan fingerprint density at radius 2 is 1.97 bits per heavy atom. The van der Waals surface area contributed by atoms with Gasteiger partial charge < -0.3 is 5.11 Å². The SMILES string of the molecule is CC(=Nc1cc(C)ccc1O)c1c(C(F)(F)F)[nH]n(-c2nc3ccccc3s2)c1=O. The van der Waals surface area contributed by atoms with Gasteiger partial charge in [-0.3, -0.25) is 9.89 Å². The number of H-pyrrole nitrogens is 1. The fourth-order valence-corrected chi connectivity index (χ4v) is 3.95. The number of nitrogens with zero attached hydrogens (tertiary/aromatic N) is 3. The summed E-state index contributed by atoms with van der Waals surface area (Å²) in [5, 5.41) is 12.2. The maximum atomic E-state index is 13.7. The number of nitrogens with one attached hydrogen (secondary N) is 1. The van der Waals surface area contributed by atoms with Gasteiger partial charge in [0.25, 0.3) is 5.56 Å². The highest BCUT2D eigenvalue weighted by molar-refractivity contribution is 7.20. The second-order valence-electron chi connectivity index (χ2n) is 6.65. The molecular formula is C20H15F3N4O2S. The van der Waals surface area contributed by atoms with Crippen molar-refractivity contribution in [3.8, 4) is 10.9 Å². The van der Waals surface area contributed by atoms with Crippen molar-refractivity contribution in [3.05, 3.63) is 69.6 Å². The predicted octanol–water partition coefficient (Wildman–Crippen LogP) is 4.95. The molecule has 2 aromatic heterocycles. The molecule has 0 radical (unpaired) electrons. The predicted molar refractivity (Wildman–Crippen MR) is 109 cm³/mol. The Morgan fingerprint density at radius 1 is 1.23 bits per heavy atom. The quantitative estimate of drug-likeness (QED) is 0.450. The molecule has 0 saturated carbocycles.